The minimum absolute atomic E-state index is 0.0166. The van der Waals surface area contributed by atoms with E-state index in [1.54, 1.807) is 12.1 Å². The molecule has 0 radical (unpaired) electrons. The first kappa shape index (κ1) is 22.7. The zero-order chi connectivity index (χ0) is 23.4. The highest BCUT2D eigenvalue weighted by molar-refractivity contribution is 7.80. The summed E-state index contributed by atoms with van der Waals surface area (Å²) in [4.78, 5) is 25.4. The molecule has 1 aliphatic rings. The molecular weight excluding hydrogens is 464 g/mol. The van der Waals surface area contributed by atoms with E-state index in [1.165, 1.54) is 18.2 Å². The van der Waals surface area contributed by atoms with Gasteiger partial charge < -0.3 is 15.0 Å². The average Bonchev–Trinajstić information content (AvgIpc) is 3.29. The maximum atomic E-state index is 12.3. The Morgan fingerprint density at radius 1 is 1.27 bits per heavy atom. The minimum atomic E-state index is -0.464. The van der Waals surface area contributed by atoms with Crippen molar-refractivity contribution in [2.24, 2.45) is 0 Å². The fraction of sp³-hybridized carbons (Fsp3) is 0.238. The first-order chi connectivity index (χ1) is 15.9. The van der Waals surface area contributed by atoms with E-state index >= 15 is 0 Å². The van der Waals surface area contributed by atoms with Crippen LogP contribution >= 0.6 is 23.9 Å². The monoisotopic (exact) mass is 484 g/mol. The Labute approximate surface area is 198 Å². The van der Waals surface area contributed by atoms with Gasteiger partial charge in [-0.05, 0) is 48.5 Å². The van der Waals surface area contributed by atoms with E-state index in [0.717, 1.165) is 22.8 Å². The van der Waals surface area contributed by atoms with E-state index in [4.69, 9.17) is 17.0 Å². The molecule has 0 aliphatic carbocycles. The third kappa shape index (κ3) is 5.30. The fourth-order valence-corrected chi connectivity index (χ4v) is 4.19. The lowest BCUT2D eigenvalue weighted by molar-refractivity contribution is -0.384. The van der Waals surface area contributed by atoms with Crippen LogP contribution in [0.25, 0.3) is 17.1 Å². The van der Waals surface area contributed by atoms with Crippen LogP contribution in [-0.4, -0.2) is 51.0 Å². The van der Waals surface area contributed by atoms with Gasteiger partial charge in [-0.1, -0.05) is 12.1 Å². The summed E-state index contributed by atoms with van der Waals surface area (Å²) in [6.45, 7) is 4.14. The summed E-state index contributed by atoms with van der Waals surface area (Å²) in [6.07, 6.45) is 2.78. The molecule has 1 saturated heterocycles. The van der Waals surface area contributed by atoms with Crippen LogP contribution in [0.2, 0.25) is 0 Å². The van der Waals surface area contributed by atoms with Crippen molar-refractivity contribution in [1.82, 2.24) is 14.1 Å². The van der Waals surface area contributed by atoms with Gasteiger partial charge in [0, 0.05) is 25.2 Å². The Morgan fingerprint density at radius 3 is 2.82 bits per heavy atom. The van der Waals surface area contributed by atoms with E-state index in [-0.39, 0.29) is 10.8 Å². The van der Waals surface area contributed by atoms with Crippen LogP contribution in [0.5, 0.6) is 0 Å². The number of nitrogens with zero attached hydrogens (tertiary/aromatic N) is 4. The van der Waals surface area contributed by atoms with E-state index in [2.05, 4.69) is 19.4 Å². The summed E-state index contributed by atoms with van der Waals surface area (Å²) in [6, 6.07) is 8.64. The molecule has 2 aromatic carbocycles. The highest BCUT2D eigenvalue weighted by atomic mass is 32.1. The van der Waals surface area contributed by atoms with Gasteiger partial charge in [-0.2, -0.15) is 8.75 Å². The van der Waals surface area contributed by atoms with Crippen LogP contribution in [0.15, 0.2) is 36.4 Å². The van der Waals surface area contributed by atoms with E-state index in [9.17, 15) is 14.9 Å². The number of hydrogen-bond acceptors (Lipinski definition) is 9. The molecule has 1 aliphatic heterocycles. The lowest BCUT2D eigenvalue weighted by atomic mass is 10.1. The normalized spacial score (nSPS) is 13.9. The van der Waals surface area contributed by atoms with Gasteiger partial charge in [0.1, 0.15) is 16.7 Å². The van der Waals surface area contributed by atoms with Gasteiger partial charge in [-0.15, -0.1) is 0 Å². The number of aromatic nitrogens is 2. The third-order valence-electron chi connectivity index (χ3n) is 5.09. The highest BCUT2D eigenvalue weighted by Crippen LogP contribution is 2.30. The van der Waals surface area contributed by atoms with Crippen LogP contribution in [0.3, 0.4) is 0 Å². The number of nitro groups is 1. The molecule has 12 heteroatoms. The van der Waals surface area contributed by atoms with Crippen LogP contribution in [-0.2, 0) is 9.53 Å². The van der Waals surface area contributed by atoms with Crippen LogP contribution < -0.4 is 15.5 Å². The van der Waals surface area contributed by atoms with Crippen LogP contribution in [0, 0.1) is 17.0 Å². The Kier molecular flexibility index (Phi) is 6.87. The van der Waals surface area contributed by atoms with Gasteiger partial charge in [0.15, 0.2) is 5.11 Å². The summed E-state index contributed by atoms with van der Waals surface area (Å²) in [5.41, 5.74) is 4.07. The summed E-state index contributed by atoms with van der Waals surface area (Å²) < 4.78 is 13.8. The van der Waals surface area contributed by atoms with Crippen molar-refractivity contribution >= 4 is 69.1 Å². The smallest absolute Gasteiger partial charge is 0.293 e. The molecule has 1 aromatic heterocycles. The van der Waals surface area contributed by atoms with E-state index < -0.39 is 10.8 Å². The SMILES string of the molecule is Cc1ccc2nsnc2c1NC(=S)NC(=O)/C=C/c1ccc(N2CCOCC2)c([N+](=O)[O-])c1. The molecular formula is C21H20N6O4S2. The lowest BCUT2D eigenvalue weighted by Crippen LogP contribution is -2.36. The summed E-state index contributed by atoms with van der Waals surface area (Å²) >= 11 is 6.35. The number of amides is 1. The Morgan fingerprint density at radius 2 is 2.06 bits per heavy atom. The first-order valence-corrected chi connectivity index (χ1v) is 11.2. The summed E-state index contributed by atoms with van der Waals surface area (Å²) in [7, 11) is 0. The Bertz CT molecular complexity index is 1250. The van der Waals surface area contributed by atoms with Gasteiger partial charge in [-0.25, -0.2) is 0 Å². The Hall–Kier alpha value is -3.48. The van der Waals surface area contributed by atoms with Gasteiger partial charge >= 0.3 is 0 Å². The first-order valence-electron chi connectivity index (χ1n) is 10.1. The molecule has 0 bridgehead atoms. The van der Waals surface area contributed by atoms with Crippen molar-refractivity contribution < 1.29 is 14.5 Å². The predicted octanol–water partition coefficient (Wildman–Crippen LogP) is 3.27. The second kappa shape index (κ2) is 9.98. The van der Waals surface area contributed by atoms with Crippen molar-refractivity contribution in [1.29, 1.82) is 0 Å². The summed E-state index contributed by atoms with van der Waals surface area (Å²) in [5, 5.41) is 17.3. The molecule has 33 heavy (non-hydrogen) atoms. The number of carbonyl (C=O) groups excluding carboxylic acids is 1. The number of thiocarbonyl (C=S) groups is 1. The molecule has 2 N–H and O–H groups in total. The largest absolute Gasteiger partial charge is 0.378 e. The zero-order valence-corrected chi connectivity index (χ0v) is 19.2. The topological polar surface area (TPSA) is 123 Å². The standard InChI is InChI=1S/C21H20N6O4S2/c1-13-2-5-15-20(25-33-24-15)19(13)23-21(32)22-18(28)7-4-14-3-6-16(17(12-14)27(29)30)26-8-10-31-11-9-26/h2-7,12H,8-11H2,1H3,(H2,22,23,28,32)/b7-4+. The van der Waals surface area contributed by atoms with Crippen molar-refractivity contribution in [3.8, 4) is 0 Å². The van der Waals surface area contributed by atoms with E-state index in [1.807, 2.05) is 24.0 Å². The molecule has 0 spiro atoms. The number of hydrogen-bond donors (Lipinski definition) is 2. The predicted molar refractivity (Wildman–Crippen MR) is 132 cm³/mol. The maximum absolute atomic E-state index is 12.3. The maximum Gasteiger partial charge on any atom is 0.293 e. The number of rotatable bonds is 5. The Balaban J connectivity index is 1.43. The molecule has 10 nitrogen and oxygen atoms in total. The number of fused-ring (bicyclic) bond motifs is 1. The molecule has 3 aromatic rings. The van der Waals surface area contributed by atoms with Crippen molar-refractivity contribution in [3.05, 3.63) is 57.6 Å². The fourth-order valence-electron chi connectivity index (χ4n) is 3.44. The number of nitrogens with one attached hydrogen (secondary N) is 2. The number of carbonyl (C=O) groups is 1. The molecule has 170 valence electrons. The van der Waals surface area contributed by atoms with Gasteiger partial charge in [0.05, 0.1) is 35.6 Å². The van der Waals surface area contributed by atoms with Crippen LogP contribution in [0.4, 0.5) is 17.1 Å². The lowest BCUT2D eigenvalue weighted by Gasteiger charge is -2.28. The molecule has 0 unspecified atom stereocenters. The van der Waals surface area contributed by atoms with Crippen LogP contribution in [0.1, 0.15) is 11.1 Å². The summed E-state index contributed by atoms with van der Waals surface area (Å²) in [5.74, 6) is -0.464. The number of anilines is 2. The molecule has 0 saturated carbocycles. The zero-order valence-electron chi connectivity index (χ0n) is 17.6. The van der Waals surface area contributed by atoms with Gasteiger partial charge in [0.25, 0.3) is 5.69 Å². The third-order valence-corrected chi connectivity index (χ3v) is 5.83. The van der Waals surface area contributed by atoms with Crippen molar-refractivity contribution in [2.45, 2.75) is 6.92 Å². The van der Waals surface area contributed by atoms with Crippen molar-refractivity contribution in [2.75, 3.05) is 36.5 Å². The number of benzene rings is 2. The minimum Gasteiger partial charge on any atom is -0.378 e. The number of morpholine rings is 1. The molecule has 2 heterocycles. The second-order valence-corrected chi connectivity index (χ2v) is 8.21. The number of nitro benzene ring substituents is 1. The molecule has 1 amide bonds. The quantitative estimate of drug-likeness (QED) is 0.243. The van der Waals surface area contributed by atoms with Gasteiger partial charge in [0.2, 0.25) is 5.91 Å². The second-order valence-electron chi connectivity index (χ2n) is 7.27. The van der Waals surface area contributed by atoms with Crippen molar-refractivity contribution in [3.63, 3.8) is 0 Å². The average molecular weight is 485 g/mol. The molecule has 0 atom stereocenters. The number of ether oxygens (including phenoxy) is 1. The van der Waals surface area contributed by atoms with Gasteiger partial charge in [-0.3, -0.25) is 20.2 Å². The molecule has 1 fully saturated rings. The highest BCUT2D eigenvalue weighted by Gasteiger charge is 2.21. The van der Waals surface area contributed by atoms with E-state index in [0.29, 0.717) is 48.8 Å². The number of aryl methyl sites for hydroxylation is 1. The molecule has 4 rings (SSSR count).